The lowest BCUT2D eigenvalue weighted by Crippen LogP contribution is -2.35. The van der Waals surface area contributed by atoms with Crippen LogP contribution in [0.25, 0.3) is 11.1 Å². The van der Waals surface area contributed by atoms with Crippen molar-refractivity contribution in [2.45, 2.75) is 19.4 Å². The summed E-state index contributed by atoms with van der Waals surface area (Å²) in [5.74, 6) is 0.509. The number of ether oxygens (including phenoxy) is 1. The van der Waals surface area contributed by atoms with Crippen LogP contribution in [0.5, 0.6) is 5.75 Å². The molecule has 0 saturated carbocycles. The number of amides is 2. The maximum atomic E-state index is 12.9. The highest BCUT2D eigenvalue weighted by Crippen LogP contribution is 2.25. The molecular formula is C22H24N2O3. The normalized spacial score (nSPS) is 15.6. The van der Waals surface area contributed by atoms with Gasteiger partial charge in [-0.1, -0.05) is 43.3 Å². The summed E-state index contributed by atoms with van der Waals surface area (Å²) in [6.07, 6.45) is 5.06. The van der Waals surface area contributed by atoms with Crippen molar-refractivity contribution in [3.05, 3.63) is 66.2 Å². The van der Waals surface area contributed by atoms with Crippen LogP contribution in [-0.4, -0.2) is 43.0 Å². The molecule has 5 heteroatoms. The SMILES string of the molecule is CC[C@H]1C=CCN1C(=O)c1cccc(-c2ccc(OCC(=O)NC)cc2)c1. The van der Waals surface area contributed by atoms with Crippen molar-refractivity contribution in [2.75, 3.05) is 20.2 Å². The van der Waals surface area contributed by atoms with Crippen molar-refractivity contribution in [2.24, 2.45) is 0 Å². The smallest absolute Gasteiger partial charge is 0.257 e. The first-order valence-corrected chi connectivity index (χ1v) is 9.14. The lowest BCUT2D eigenvalue weighted by atomic mass is 10.0. The van der Waals surface area contributed by atoms with Gasteiger partial charge in [0.15, 0.2) is 6.61 Å². The first kappa shape index (κ1) is 18.7. The standard InChI is InChI=1S/C22H24N2O3/c1-3-19-8-5-13-24(19)22(26)18-7-4-6-17(14-18)16-9-11-20(12-10-16)27-15-21(25)23-2/h4-12,14,19H,3,13,15H2,1-2H3,(H,23,25)/t19-/m0/s1. The summed E-state index contributed by atoms with van der Waals surface area (Å²) in [6, 6.07) is 15.3. The van der Waals surface area contributed by atoms with Gasteiger partial charge in [-0.25, -0.2) is 0 Å². The molecule has 1 N–H and O–H groups in total. The Morgan fingerprint density at radius 3 is 2.63 bits per heavy atom. The van der Waals surface area contributed by atoms with Gasteiger partial charge >= 0.3 is 0 Å². The number of carbonyl (C=O) groups excluding carboxylic acids is 2. The molecule has 0 unspecified atom stereocenters. The third-order valence-corrected chi connectivity index (χ3v) is 4.69. The van der Waals surface area contributed by atoms with E-state index in [-0.39, 0.29) is 24.5 Å². The molecule has 0 fully saturated rings. The number of carbonyl (C=O) groups is 2. The van der Waals surface area contributed by atoms with Gasteiger partial charge in [-0.15, -0.1) is 0 Å². The average molecular weight is 364 g/mol. The van der Waals surface area contributed by atoms with Crippen molar-refractivity contribution in [1.29, 1.82) is 0 Å². The van der Waals surface area contributed by atoms with Crippen LogP contribution in [0.15, 0.2) is 60.7 Å². The maximum absolute atomic E-state index is 12.9. The molecule has 0 aromatic heterocycles. The van der Waals surface area contributed by atoms with E-state index in [0.717, 1.165) is 17.5 Å². The van der Waals surface area contributed by atoms with Crippen LogP contribution < -0.4 is 10.1 Å². The van der Waals surface area contributed by atoms with E-state index in [1.54, 1.807) is 7.05 Å². The molecule has 27 heavy (non-hydrogen) atoms. The molecule has 1 atom stereocenters. The van der Waals surface area contributed by atoms with Crippen molar-refractivity contribution >= 4 is 11.8 Å². The molecular weight excluding hydrogens is 340 g/mol. The number of hydrogen-bond donors (Lipinski definition) is 1. The predicted octanol–water partition coefficient (Wildman–Crippen LogP) is 3.27. The number of nitrogens with zero attached hydrogens (tertiary/aromatic N) is 1. The summed E-state index contributed by atoms with van der Waals surface area (Å²) in [7, 11) is 1.57. The van der Waals surface area contributed by atoms with Gasteiger partial charge in [-0.05, 0) is 41.8 Å². The Morgan fingerprint density at radius 2 is 1.93 bits per heavy atom. The number of nitrogens with one attached hydrogen (secondary N) is 1. The van der Waals surface area contributed by atoms with Gasteiger partial charge in [-0.3, -0.25) is 9.59 Å². The number of rotatable bonds is 6. The van der Waals surface area contributed by atoms with Gasteiger partial charge in [0.1, 0.15) is 5.75 Å². The van der Waals surface area contributed by atoms with Crippen molar-refractivity contribution < 1.29 is 14.3 Å². The number of benzene rings is 2. The molecule has 2 aromatic carbocycles. The predicted molar refractivity (Wildman–Crippen MR) is 106 cm³/mol. The molecule has 0 saturated heterocycles. The minimum Gasteiger partial charge on any atom is -0.484 e. The molecule has 3 rings (SSSR count). The highest BCUT2D eigenvalue weighted by atomic mass is 16.5. The van der Waals surface area contributed by atoms with E-state index in [1.165, 1.54) is 0 Å². The average Bonchev–Trinajstić information content (AvgIpc) is 3.20. The van der Waals surface area contributed by atoms with E-state index in [4.69, 9.17) is 4.74 Å². The van der Waals surface area contributed by atoms with E-state index in [2.05, 4.69) is 18.3 Å². The Labute approximate surface area is 159 Å². The van der Waals surface area contributed by atoms with Crippen molar-refractivity contribution in [3.8, 4) is 16.9 Å². The number of hydrogen-bond acceptors (Lipinski definition) is 3. The molecule has 0 radical (unpaired) electrons. The molecule has 140 valence electrons. The highest BCUT2D eigenvalue weighted by Gasteiger charge is 2.24. The summed E-state index contributed by atoms with van der Waals surface area (Å²) in [5.41, 5.74) is 2.65. The van der Waals surface area contributed by atoms with Crippen LogP contribution in [0.2, 0.25) is 0 Å². The quantitative estimate of drug-likeness (QED) is 0.801. The van der Waals surface area contributed by atoms with Gasteiger partial charge in [0.25, 0.3) is 11.8 Å². The fraction of sp³-hybridized carbons (Fsp3) is 0.273. The summed E-state index contributed by atoms with van der Waals surface area (Å²) >= 11 is 0. The Balaban J connectivity index is 1.73. The third kappa shape index (κ3) is 4.37. The summed E-state index contributed by atoms with van der Waals surface area (Å²) in [4.78, 5) is 26.0. The topological polar surface area (TPSA) is 58.6 Å². The second-order valence-electron chi connectivity index (χ2n) is 6.43. The molecule has 0 bridgehead atoms. The van der Waals surface area contributed by atoms with Gasteiger partial charge in [0.05, 0.1) is 6.04 Å². The van der Waals surface area contributed by atoms with Crippen LogP contribution in [0.3, 0.4) is 0 Å². The summed E-state index contributed by atoms with van der Waals surface area (Å²) < 4.78 is 5.42. The Kier molecular flexibility index (Phi) is 5.91. The van der Waals surface area contributed by atoms with Crippen LogP contribution in [0.4, 0.5) is 0 Å². The minimum absolute atomic E-state index is 0.0116. The largest absolute Gasteiger partial charge is 0.484 e. The zero-order chi connectivity index (χ0) is 19.2. The fourth-order valence-corrected chi connectivity index (χ4v) is 3.12. The maximum Gasteiger partial charge on any atom is 0.257 e. The Morgan fingerprint density at radius 1 is 1.15 bits per heavy atom. The molecule has 0 aliphatic carbocycles. The van der Waals surface area contributed by atoms with Crippen LogP contribution in [0, 0.1) is 0 Å². The molecule has 1 heterocycles. The van der Waals surface area contributed by atoms with Gasteiger partial charge in [0, 0.05) is 19.2 Å². The van der Waals surface area contributed by atoms with Crippen LogP contribution in [0.1, 0.15) is 23.7 Å². The van der Waals surface area contributed by atoms with E-state index < -0.39 is 0 Å². The van der Waals surface area contributed by atoms with E-state index in [1.807, 2.05) is 59.5 Å². The van der Waals surface area contributed by atoms with Crippen molar-refractivity contribution in [3.63, 3.8) is 0 Å². The highest BCUT2D eigenvalue weighted by molar-refractivity contribution is 5.96. The second kappa shape index (κ2) is 8.54. The van der Waals surface area contributed by atoms with Crippen molar-refractivity contribution in [1.82, 2.24) is 10.2 Å². The summed E-state index contributed by atoms with van der Waals surface area (Å²) in [5, 5.41) is 2.52. The van der Waals surface area contributed by atoms with E-state index in [0.29, 0.717) is 17.9 Å². The van der Waals surface area contributed by atoms with E-state index >= 15 is 0 Å². The Bertz CT molecular complexity index is 843. The van der Waals surface area contributed by atoms with E-state index in [9.17, 15) is 9.59 Å². The number of likely N-dealkylation sites (N-methyl/N-ethyl adjacent to an activating group) is 1. The summed E-state index contributed by atoms with van der Waals surface area (Å²) in [6.45, 7) is 2.74. The third-order valence-electron chi connectivity index (χ3n) is 4.69. The molecule has 2 amide bonds. The minimum atomic E-state index is -0.174. The molecule has 5 nitrogen and oxygen atoms in total. The first-order chi connectivity index (χ1) is 13.1. The molecule has 1 aliphatic heterocycles. The van der Waals surface area contributed by atoms with Gasteiger partial charge < -0.3 is 15.0 Å². The zero-order valence-corrected chi connectivity index (χ0v) is 15.6. The monoisotopic (exact) mass is 364 g/mol. The van der Waals surface area contributed by atoms with Crippen LogP contribution in [-0.2, 0) is 4.79 Å². The lowest BCUT2D eigenvalue weighted by Gasteiger charge is -2.23. The second-order valence-corrected chi connectivity index (χ2v) is 6.43. The molecule has 1 aliphatic rings. The zero-order valence-electron chi connectivity index (χ0n) is 15.6. The fourth-order valence-electron chi connectivity index (χ4n) is 3.12. The lowest BCUT2D eigenvalue weighted by molar-refractivity contribution is -0.122. The molecule has 2 aromatic rings. The molecule has 0 spiro atoms. The van der Waals surface area contributed by atoms with Crippen LogP contribution >= 0.6 is 0 Å². The van der Waals surface area contributed by atoms with Gasteiger partial charge in [-0.2, -0.15) is 0 Å². The Hall–Kier alpha value is -3.08. The first-order valence-electron chi connectivity index (χ1n) is 9.14. The van der Waals surface area contributed by atoms with Gasteiger partial charge in [0.2, 0.25) is 0 Å².